The fourth-order valence-corrected chi connectivity index (χ4v) is 4.64. The van der Waals surface area contributed by atoms with E-state index in [4.69, 9.17) is 28.4 Å². The first kappa shape index (κ1) is 47.0. The zero-order chi connectivity index (χ0) is 37.8. The summed E-state index contributed by atoms with van der Waals surface area (Å²) in [6, 6.07) is 0. The first-order valence-electron chi connectivity index (χ1n) is 18.5. The van der Waals surface area contributed by atoms with Crippen molar-refractivity contribution in [3.05, 3.63) is 36.5 Å². The Morgan fingerprint density at radius 3 is 1.02 bits per heavy atom. The van der Waals surface area contributed by atoms with Crippen LogP contribution in [-0.4, -0.2) is 75.0 Å². The summed E-state index contributed by atoms with van der Waals surface area (Å²) in [5.41, 5.74) is 0. The van der Waals surface area contributed by atoms with Gasteiger partial charge in [-0.1, -0.05) is 76.0 Å². The van der Waals surface area contributed by atoms with E-state index in [9.17, 15) is 28.8 Å². The predicted octanol–water partition coefficient (Wildman–Crippen LogP) is 7.36. The van der Waals surface area contributed by atoms with E-state index in [1.54, 1.807) is 18.2 Å². The van der Waals surface area contributed by atoms with E-state index >= 15 is 0 Å². The molecule has 0 unspecified atom stereocenters. The maximum atomic E-state index is 12.5. The van der Waals surface area contributed by atoms with Crippen molar-refractivity contribution < 1.29 is 57.2 Å². The van der Waals surface area contributed by atoms with E-state index in [1.807, 2.05) is 0 Å². The Morgan fingerprint density at radius 2 is 0.686 bits per heavy atom. The summed E-state index contributed by atoms with van der Waals surface area (Å²) in [5.74, 6) is -2.60. The molecule has 0 saturated carbocycles. The average Bonchev–Trinajstić information content (AvgIpc) is 3.07. The van der Waals surface area contributed by atoms with Crippen LogP contribution < -0.4 is 0 Å². The fraction of sp³-hybridized carbons (Fsp3) is 0.692. The molecule has 0 aromatic heterocycles. The summed E-state index contributed by atoms with van der Waals surface area (Å²) in [4.78, 5) is 69.4. The number of hydrogen-bond acceptors (Lipinski definition) is 12. The van der Waals surface area contributed by atoms with E-state index in [0.29, 0.717) is 39.1 Å². The smallest absolute Gasteiger partial charge is 0.330 e. The Hall–Kier alpha value is -3.96. The number of rotatable bonds is 32. The average molecular weight is 723 g/mol. The lowest BCUT2D eigenvalue weighted by atomic mass is 10.1. The summed E-state index contributed by atoms with van der Waals surface area (Å²) in [6.45, 7) is 4.95. The van der Waals surface area contributed by atoms with Crippen LogP contribution in [0.25, 0.3) is 0 Å². The summed E-state index contributed by atoms with van der Waals surface area (Å²) < 4.78 is 30.7. The van der Waals surface area contributed by atoms with Crippen LogP contribution in [0.5, 0.6) is 0 Å². The maximum absolute atomic E-state index is 12.5. The third kappa shape index (κ3) is 37.1. The van der Waals surface area contributed by atoms with Crippen LogP contribution in [0.1, 0.15) is 136 Å². The second-order valence-corrected chi connectivity index (χ2v) is 12.2. The van der Waals surface area contributed by atoms with Gasteiger partial charge in [-0.2, -0.15) is 0 Å². The van der Waals surface area contributed by atoms with Crippen molar-refractivity contribution in [1.82, 2.24) is 0 Å². The molecule has 51 heavy (non-hydrogen) atoms. The van der Waals surface area contributed by atoms with Gasteiger partial charge in [0.25, 0.3) is 0 Å². The molecule has 0 amide bonds. The number of allylic oxidation sites excluding steroid dienone is 3. The monoisotopic (exact) mass is 722 g/mol. The quantitative estimate of drug-likeness (QED) is 0.0294. The fourth-order valence-electron chi connectivity index (χ4n) is 4.64. The summed E-state index contributed by atoms with van der Waals surface area (Å²) in [6.07, 6.45) is 24.4. The van der Waals surface area contributed by atoms with Crippen LogP contribution in [0, 0.1) is 0 Å². The highest BCUT2D eigenvalue weighted by molar-refractivity contribution is 5.83. The molecule has 0 aliphatic carbocycles. The number of carbonyl (C=O) groups is 6. The van der Waals surface area contributed by atoms with Crippen LogP contribution in [0.2, 0.25) is 0 Å². The lowest BCUT2D eigenvalue weighted by Crippen LogP contribution is -2.30. The minimum absolute atomic E-state index is 0.268. The van der Waals surface area contributed by atoms with Crippen LogP contribution >= 0.6 is 0 Å². The minimum atomic E-state index is -0.979. The highest BCUT2D eigenvalue weighted by atomic mass is 16.6. The molecule has 0 rings (SSSR count). The number of ether oxygens (including phenoxy) is 6. The van der Waals surface area contributed by atoms with Gasteiger partial charge in [0.05, 0.1) is 19.8 Å². The topological polar surface area (TPSA) is 158 Å². The van der Waals surface area contributed by atoms with Gasteiger partial charge in [-0.3, -0.25) is 14.4 Å². The van der Waals surface area contributed by atoms with Crippen molar-refractivity contribution >= 4 is 35.8 Å². The Bertz CT molecular complexity index is 1010. The van der Waals surface area contributed by atoms with Crippen molar-refractivity contribution in [3.63, 3.8) is 0 Å². The van der Waals surface area contributed by atoms with Crippen LogP contribution in [-0.2, 0) is 57.2 Å². The molecule has 0 aromatic rings. The van der Waals surface area contributed by atoms with Crippen molar-refractivity contribution in [2.45, 2.75) is 142 Å². The van der Waals surface area contributed by atoms with Gasteiger partial charge in [0, 0.05) is 39.0 Å². The molecular formula is C39H62O12. The lowest BCUT2D eigenvalue weighted by molar-refractivity contribution is -0.160. The molecule has 290 valence electrons. The summed E-state index contributed by atoms with van der Waals surface area (Å²) in [5, 5.41) is 0. The van der Waals surface area contributed by atoms with Gasteiger partial charge in [0.15, 0.2) is 6.10 Å². The predicted molar refractivity (Wildman–Crippen MR) is 192 cm³/mol. The zero-order valence-electron chi connectivity index (χ0n) is 31.2. The SMILES string of the molecule is CC(=O)OCCCCCCC/C=C/C(=O)OCC(COC(=O)/C=C/CCCCCCCOC(C)=O)OC(=O)/C=C/CCCCCCCOC(C)=O. The molecule has 0 fully saturated rings. The van der Waals surface area contributed by atoms with E-state index in [2.05, 4.69) is 0 Å². The third-order valence-electron chi connectivity index (χ3n) is 7.33. The second-order valence-electron chi connectivity index (χ2n) is 12.2. The van der Waals surface area contributed by atoms with Gasteiger partial charge in [-0.15, -0.1) is 0 Å². The number of carbonyl (C=O) groups excluding carboxylic acids is 6. The van der Waals surface area contributed by atoms with Crippen LogP contribution in [0.15, 0.2) is 36.5 Å². The Kier molecular flexibility index (Phi) is 31.8. The highest BCUT2D eigenvalue weighted by Gasteiger charge is 2.17. The normalized spacial score (nSPS) is 11.3. The molecule has 0 radical (unpaired) electrons. The largest absolute Gasteiger partial charge is 0.466 e. The molecule has 0 aliphatic rings. The summed E-state index contributed by atoms with van der Waals surface area (Å²) >= 11 is 0. The Balaban J connectivity index is 4.58. The Morgan fingerprint density at radius 1 is 0.392 bits per heavy atom. The van der Waals surface area contributed by atoms with Gasteiger partial charge in [-0.05, 0) is 57.8 Å². The van der Waals surface area contributed by atoms with Crippen molar-refractivity contribution in [2.75, 3.05) is 33.0 Å². The lowest BCUT2D eigenvalue weighted by Gasteiger charge is -2.16. The molecule has 12 heteroatoms. The molecule has 0 bridgehead atoms. The number of unbranched alkanes of at least 4 members (excludes halogenated alkanes) is 15. The van der Waals surface area contributed by atoms with E-state index in [0.717, 1.165) is 96.3 Å². The van der Waals surface area contributed by atoms with Gasteiger partial charge in [0.1, 0.15) is 13.2 Å². The molecule has 0 heterocycles. The highest BCUT2D eigenvalue weighted by Crippen LogP contribution is 2.09. The molecule has 12 nitrogen and oxygen atoms in total. The van der Waals surface area contributed by atoms with Gasteiger partial charge < -0.3 is 28.4 Å². The first-order chi connectivity index (χ1) is 24.6. The molecule has 0 atom stereocenters. The van der Waals surface area contributed by atoms with Crippen molar-refractivity contribution in [1.29, 1.82) is 0 Å². The number of hydrogen-bond donors (Lipinski definition) is 0. The molecule has 0 saturated heterocycles. The van der Waals surface area contributed by atoms with Crippen LogP contribution in [0.4, 0.5) is 0 Å². The Labute approximate surface area is 304 Å². The maximum Gasteiger partial charge on any atom is 0.330 e. The van der Waals surface area contributed by atoms with Crippen molar-refractivity contribution in [3.8, 4) is 0 Å². The molecule has 0 aromatic carbocycles. The standard InChI is InChI=1S/C39H62O12/c1-33(40)46-28-22-16-10-4-7-13-19-25-37(43)49-31-36(51-39(45)27-21-15-9-6-12-18-24-30-48-35(3)42)32-50-38(44)26-20-14-8-5-11-17-23-29-47-34(2)41/h19-21,25-27,36H,4-18,22-24,28-32H2,1-3H3/b25-19+,26-20+,27-21+. The second kappa shape index (κ2) is 34.5. The zero-order valence-corrected chi connectivity index (χ0v) is 31.2. The van der Waals surface area contributed by atoms with E-state index in [1.165, 1.54) is 39.0 Å². The van der Waals surface area contributed by atoms with Gasteiger partial charge in [0.2, 0.25) is 0 Å². The molecular weight excluding hydrogens is 660 g/mol. The van der Waals surface area contributed by atoms with Gasteiger partial charge in [-0.25, -0.2) is 14.4 Å². The number of esters is 6. The first-order valence-corrected chi connectivity index (χ1v) is 18.5. The molecule has 0 spiro atoms. The summed E-state index contributed by atoms with van der Waals surface area (Å²) in [7, 11) is 0. The van der Waals surface area contributed by atoms with Gasteiger partial charge >= 0.3 is 35.8 Å². The molecule has 0 N–H and O–H groups in total. The van der Waals surface area contributed by atoms with Crippen LogP contribution in [0.3, 0.4) is 0 Å². The minimum Gasteiger partial charge on any atom is -0.466 e. The van der Waals surface area contributed by atoms with Crippen molar-refractivity contribution in [2.24, 2.45) is 0 Å². The molecule has 0 aliphatic heterocycles. The van der Waals surface area contributed by atoms with E-state index in [-0.39, 0.29) is 31.1 Å². The van der Waals surface area contributed by atoms with E-state index < -0.39 is 24.0 Å². The third-order valence-corrected chi connectivity index (χ3v) is 7.33.